The monoisotopic (exact) mass is 300 g/mol. The number of hydrogen-bond donors (Lipinski definition) is 0. The Morgan fingerprint density at radius 3 is 2.71 bits per heavy atom. The number of pyridine rings is 1. The number of hydrogen-bond acceptors (Lipinski definition) is 5. The first-order valence-electron chi connectivity index (χ1n) is 6.67. The second-order valence-corrected chi connectivity index (χ2v) is 4.79. The third kappa shape index (κ3) is 3.08. The van der Waals surface area contributed by atoms with Crippen LogP contribution in [0.3, 0.4) is 0 Å². The number of rotatable bonds is 4. The first kappa shape index (κ1) is 13.7. The van der Waals surface area contributed by atoms with Crippen LogP contribution in [0.1, 0.15) is 13.3 Å². The van der Waals surface area contributed by atoms with Crippen molar-refractivity contribution in [3.05, 3.63) is 41.7 Å². The zero-order valence-corrected chi connectivity index (χ0v) is 12.2. The van der Waals surface area contributed by atoms with Gasteiger partial charge in [0.2, 0.25) is 5.28 Å². The fraction of sp³-hybridized carbons (Fsp3) is 0.200. The highest BCUT2D eigenvalue weighted by Crippen LogP contribution is 2.20. The Kier molecular flexibility index (Phi) is 3.92. The van der Waals surface area contributed by atoms with Gasteiger partial charge in [-0.25, -0.2) is 4.98 Å². The SMILES string of the molecule is CCCOc1nc(Cl)nc(-c2ccc3ccccc3n2)n1. The predicted octanol–water partition coefficient (Wildman–Crippen LogP) is 3.53. The zero-order chi connectivity index (χ0) is 14.7. The van der Waals surface area contributed by atoms with E-state index in [1.54, 1.807) is 0 Å². The molecule has 5 nitrogen and oxygen atoms in total. The van der Waals surface area contributed by atoms with Crippen LogP contribution in [0.25, 0.3) is 22.4 Å². The Morgan fingerprint density at radius 2 is 1.86 bits per heavy atom. The summed E-state index contributed by atoms with van der Waals surface area (Å²) < 4.78 is 5.41. The fourth-order valence-electron chi connectivity index (χ4n) is 1.89. The molecule has 0 aliphatic rings. The van der Waals surface area contributed by atoms with Crippen molar-refractivity contribution in [2.24, 2.45) is 0 Å². The molecule has 0 atom stereocenters. The molecule has 0 saturated heterocycles. The van der Waals surface area contributed by atoms with Crippen LogP contribution in [0.5, 0.6) is 6.01 Å². The Morgan fingerprint density at radius 1 is 1.00 bits per heavy atom. The minimum absolute atomic E-state index is 0.0982. The van der Waals surface area contributed by atoms with E-state index in [1.807, 2.05) is 43.3 Å². The van der Waals surface area contributed by atoms with Crippen LogP contribution in [-0.4, -0.2) is 26.5 Å². The lowest BCUT2D eigenvalue weighted by Crippen LogP contribution is -2.03. The van der Waals surface area contributed by atoms with Crippen molar-refractivity contribution in [3.8, 4) is 17.5 Å². The van der Waals surface area contributed by atoms with Crippen LogP contribution < -0.4 is 4.74 Å². The van der Waals surface area contributed by atoms with Crippen LogP contribution in [-0.2, 0) is 0 Å². The summed E-state index contributed by atoms with van der Waals surface area (Å²) in [6.07, 6.45) is 0.868. The van der Waals surface area contributed by atoms with Gasteiger partial charge >= 0.3 is 6.01 Å². The lowest BCUT2D eigenvalue weighted by Gasteiger charge is -2.05. The van der Waals surface area contributed by atoms with Gasteiger partial charge in [-0.05, 0) is 30.2 Å². The van der Waals surface area contributed by atoms with Crippen molar-refractivity contribution in [2.45, 2.75) is 13.3 Å². The molecule has 0 unspecified atom stereocenters. The van der Waals surface area contributed by atoms with Gasteiger partial charge in [0.1, 0.15) is 5.69 Å². The van der Waals surface area contributed by atoms with Gasteiger partial charge in [0.05, 0.1) is 12.1 Å². The quantitative estimate of drug-likeness (QED) is 0.737. The Balaban J connectivity index is 2.02. The second kappa shape index (κ2) is 6.01. The highest BCUT2D eigenvalue weighted by atomic mass is 35.5. The van der Waals surface area contributed by atoms with Crippen LogP contribution >= 0.6 is 11.6 Å². The molecule has 3 aromatic rings. The van der Waals surface area contributed by atoms with Gasteiger partial charge in [-0.3, -0.25) is 0 Å². The van der Waals surface area contributed by atoms with Crippen molar-refractivity contribution in [1.29, 1.82) is 0 Å². The molecule has 1 aromatic carbocycles. The summed E-state index contributed by atoms with van der Waals surface area (Å²) in [5.41, 5.74) is 1.52. The summed E-state index contributed by atoms with van der Waals surface area (Å²) in [6.45, 7) is 2.54. The van der Waals surface area contributed by atoms with Gasteiger partial charge < -0.3 is 4.74 Å². The van der Waals surface area contributed by atoms with Crippen LogP contribution in [0.15, 0.2) is 36.4 Å². The van der Waals surface area contributed by atoms with Crippen molar-refractivity contribution >= 4 is 22.5 Å². The summed E-state index contributed by atoms with van der Waals surface area (Å²) in [5.74, 6) is 0.409. The fourth-order valence-corrected chi connectivity index (χ4v) is 2.05. The highest BCUT2D eigenvalue weighted by molar-refractivity contribution is 6.28. The minimum Gasteiger partial charge on any atom is -0.463 e. The molecule has 6 heteroatoms. The molecule has 106 valence electrons. The molecule has 0 bridgehead atoms. The molecule has 0 saturated carbocycles. The Labute approximate surface area is 127 Å². The third-order valence-corrected chi connectivity index (χ3v) is 3.02. The number of ether oxygens (including phenoxy) is 1. The molecule has 0 radical (unpaired) electrons. The van der Waals surface area contributed by atoms with Crippen molar-refractivity contribution in [3.63, 3.8) is 0 Å². The summed E-state index contributed by atoms with van der Waals surface area (Å²) in [6, 6.07) is 11.9. The molecule has 2 aromatic heterocycles. The molecule has 0 N–H and O–H groups in total. The maximum Gasteiger partial charge on any atom is 0.321 e. The maximum absolute atomic E-state index is 5.93. The van der Waals surface area contributed by atoms with E-state index in [9.17, 15) is 0 Å². The number of benzene rings is 1. The van der Waals surface area contributed by atoms with E-state index >= 15 is 0 Å². The average molecular weight is 301 g/mol. The van der Waals surface area contributed by atoms with Crippen molar-refractivity contribution < 1.29 is 4.74 Å². The normalized spacial score (nSPS) is 10.8. The van der Waals surface area contributed by atoms with E-state index < -0.39 is 0 Å². The van der Waals surface area contributed by atoms with Gasteiger partial charge in [0.25, 0.3) is 0 Å². The first-order valence-corrected chi connectivity index (χ1v) is 7.04. The molecule has 0 fully saturated rings. The van der Waals surface area contributed by atoms with Gasteiger partial charge in [0.15, 0.2) is 5.82 Å². The van der Waals surface area contributed by atoms with Crippen LogP contribution in [0, 0.1) is 0 Å². The number of halogens is 1. The zero-order valence-electron chi connectivity index (χ0n) is 11.5. The largest absolute Gasteiger partial charge is 0.463 e. The summed E-state index contributed by atoms with van der Waals surface area (Å²) in [7, 11) is 0. The molecule has 0 spiro atoms. The number of aromatic nitrogens is 4. The topological polar surface area (TPSA) is 60.8 Å². The predicted molar refractivity (Wildman–Crippen MR) is 81.4 cm³/mol. The average Bonchev–Trinajstić information content (AvgIpc) is 2.52. The van der Waals surface area contributed by atoms with E-state index in [1.165, 1.54) is 0 Å². The van der Waals surface area contributed by atoms with Crippen molar-refractivity contribution in [1.82, 2.24) is 19.9 Å². The molecular weight excluding hydrogens is 288 g/mol. The summed E-state index contributed by atoms with van der Waals surface area (Å²) in [4.78, 5) is 16.9. The second-order valence-electron chi connectivity index (χ2n) is 4.45. The molecule has 3 rings (SSSR count). The lowest BCUT2D eigenvalue weighted by molar-refractivity contribution is 0.291. The van der Waals surface area contributed by atoms with Gasteiger partial charge in [-0.2, -0.15) is 15.0 Å². The molecule has 2 heterocycles. The van der Waals surface area contributed by atoms with E-state index in [0.717, 1.165) is 17.3 Å². The summed E-state index contributed by atoms with van der Waals surface area (Å²) >= 11 is 5.93. The maximum atomic E-state index is 5.93. The van der Waals surface area contributed by atoms with E-state index in [4.69, 9.17) is 16.3 Å². The van der Waals surface area contributed by atoms with Gasteiger partial charge in [-0.1, -0.05) is 31.2 Å². The minimum atomic E-state index is 0.0982. The van der Waals surface area contributed by atoms with Crippen LogP contribution in [0.2, 0.25) is 5.28 Å². The third-order valence-electron chi connectivity index (χ3n) is 2.85. The van der Waals surface area contributed by atoms with Crippen LogP contribution in [0.4, 0.5) is 0 Å². The van der Waals surface area contributed by atoms with Gasteiger partial charge in [-0.15, -0.1) is 0 Å². The summed E-state index contributed by atoms with van der Waals surface area (Å²) in [5, 5.41) is 1.16. The number of nitrogens with zero attached hydrogens (tertiary/aromatic N) is 4. The van der Waals surface area contributed by atoms with Gasteiger partial charge in [0, 0.05) is 5.39 Å². The van der Waals surface area contributed by atoms with Crippen molar-refractivity contribution in [2.75, 3.05) is 6.61 Å². The highest BCUT2D eigenvalue weighted by Gasteiger charge is 2.10. The standard InChI is InChI=1S/C15H13ClN4O/c1-2-9-21-15-19-13(18-14(16)20-15)12-8-7-10-5-3-4-6-11(10)17-12/h3-8H,2,9H2,1H3. The Bertz CT molecular complexity index is 778. The molecule has 0 amide bonds. The van der Waals surface area contributed by atoms with E-state index in [-0.39, 0.29) is 11.3 Å². The van der Waals surface area contributed by atoms with E-state index in [0.29, 0.717) is 18.1 Å². The molecule has 0 aliphatic carbocycles. The molecule has 21 heavy (non-hydrogen) atoms. The first-order chi connectivity index (χ1) is 10.3. The molecular formula is C15H13ClN4O. The smallest absolute Gasteiger partial charge is 0.321 e. The lowest BCUT2D eigenvalue weighted by atomic mass is 10.2. The number of para-hydroxylation sites is 1. The Hall–Kier alpha value is -2.27. The molecule has 0 aliphatic heterocycles. The van der Waals surface area contributed by atoms with E-state index in [2.05, 4.69) is 19.9 Å². The number of fused-ring (bicyclic) bond motifs is 1.